The highest BCUT2D eigenvalue weighted by Crippen LogP contribution is 2.16. The van der Waals surface area contributed by atoms with Crippen LogP contribution in [0.4, 0.5) is 4.39 Å². The molecule has 0 saturated carbocycles. The average molecular weight is 269 g/mol. The number of hydrogen-bond donors (Lipinski definition) is 0. The molecule has 2 rings (SSSR count). The second kappa shape index (κ2) is 5.43. The van der Waals surface area contributed by atoms with Crippen molar-refractivity contribution >= 4 is 22.4 Å². The summed E-state index contributed by atoms with van der Waals surface area (Å²) in [5.74, 6) is -0.0359. The van der Waals surface area contributed by atoms with Crippen molar-refractivity contribution in [1.29, 1.82) is 0 Å². The Balaban J connectivity index is 2.17. The van der Waals surface area contributed by atoms with Crippen molar-refractivity contribution < 1.29 is 8.60 Å². The van der Waals surface area contributed by atoms with Crippen LogP contribution in [0.2, 0.25) is 5.02 Å². The summed E-state index contributed by atoms with van der Waals surface area (Å²) >= 11 is 5.84. The van der Waals surface area contributed by atoms with E-state index in [1.54, 1.807) is 30.3 Å². The third-order valence-corrected chi connectivity index (χ3v) is 3.86. The first-order valence-electron chi connectivity index (χ1n) is 5.03. The molecule has 0 spiro atoms. The van der Waals surface area contributed by atoms with Crippen molar-refractivity contribution in [1.82, 2.24) is 0 Å². The van der Waals surface area contributed by atoms with Crippen LogP contribution < -0.4 is 0 Å². The van der Waals surface area contributed by atoms with E-state index < -0.39 is 10.8 Å². The lowest BCUT2D eigenvalue weighted by Gasteiger charge is -2.03. The summed E-state index contributed by atoms with van der Waals surface area (Å²) in [6.07, 6.45) is 0. The van der Waals surface area contributed by atoms with Gasteiger partial charge in [-0.25, -0.2) is 4.39 Å². The van der Waals surface area contributed by atoms with Gasteiger partial charge in [-0.3, -0.25) is 4.21 Å². The first-order valence-corrected chi connectivity index (χ1v) is 6.73. The lowest BCUT2D eigenvalue weighted by atomic mass is 10.2. The zero-order valence-electron chi connectivity index (χ0n) is 8.90. The third kappa shape index (κ3) is 3.38. The molecule has 0 heterocycles. The maximum absolute atomic E-state index is 13.0. The molecule has 2 aromatic carbocycles. The van der Waals surface area contributed by atoms with Gasteiger partial charge in [0.2, 0.25) is 0 Å². The van der Waals surface area contributed by atoms with Crippen molar-refractivity contribution in [3.05, 3.63) is 64.9 Å². The molecule has 0 N–H and O–H groups in total. The van der Waals surface area contributed by atoms with E-state index in [1.807, 2.05) is 6.07 Å². The average Bonchev–Trinajstić information content (AvgIpc) is 2.29. The highest BCUT2D eigenvalue weighted by Gasteiger charge is 2.06. The van der Waals surface area contributed by atoms with E-state index in [2.05, 4.69) is 0 Å². The summed E-state index contributed by atoms with van der Waals surface area (Å²) in [5.41, 5.74) is 0.875. The summed E-state index contributed by atoms with van der Waals surface area (Å²) in [7, 11) is -1.25. The minimum atomic E-state index is -1.25. The van der Waals surface area contributed by atoms with Crippen LogP contribution in [0.1, 0.15) is 5.56 Å². The smallest absolute Gasteiger partial charge is 0.124 e. The first kappa shape index (κ1) is 12.3. The van der Waals surface area contributed by atoms with Gasteiger partial charge >= 0.3 is 0 Å². The Labute approximate surface area is 107 Å². The van der Waals surface area contributed by atoms with Gasteiger partial charge in [0.05, 0.1) is 16.6 Å². The minimum absolute atomic E-state index is 0.337. The van der Waals surface area contributed by atoms with Gasteiger partial charge in [-0.15, -0.1) is 0 Å². The van der Waals surface area contributed by atoms with Crippen molar-refractivity contribution in [2.75, 3.05) is 0 Å². The van der Waals surface area contributed by atoms with Gasteiger partial charge in [0.1, 0.15) is 5.82 Å². The number of halogens is 2. The molecule has 0 amide bonds. The largest absolute Gasteiger partial charge is 0.254 e. The van der Waals surface area contributed by atoms with Crippen LogP contribution in [-0.2, 0) is 16.6 Å². The normalized spacial score (nSPS) is 12.4. The van der Waals surface area contributed by atoms with E-state index in [0.717, 1.165) is 5.56 Å². The molecule has 1 atom stereocenters. The molecule has 0 radical (unpaired) electrons. The van der Waals surface area contributed by atoms with Gasteiger partial charge in [-0.1, -0.05) is 29.8 Å². The van der Waals surface area contributed by atoms with Crippen LogP contribution in [0, 0.1) is 5.82 Å². The molecule has 0 bridgehead atoms. The zero-order chi connectivity index (χ0) is 12.3. The SMILES string of the molecule is O=S(Cc1cccc(Cl)c1)c1cccc(F)c1. The maximum atomic E-state index is 13.0. The number of hydrogen-bond acceptors (Lipinski definition) is 1. The zero-order valence-corrected chi connectivity index (χ0v) is 10.5. The van der Waals surface area contributed by atoms with Gasteiger partial charge in [0.25, 0.3) is 0 Å². The predicted octanol–water partition coefficient (Wildman–Crippen LogP) is 3.79. The topological polar surface area (TPSA) is 17.1 Å². The molecule has 2 aromatic rings. The highest BCUT2D eigenvalue weighted by molar-refractivity contribution is 7.84. The molecule has 0 aliphatic carbocycles. The van der Waals surface area contributed by atoms with E-state index in [1.165, 1.54) is 12.1 Å². The standard InChI is InChI=1S/C13H10ClFOS/c14-11-4-1-3-10(7-11)9-17(16)13-6-2-5-12(15)8-13/h1-8H,9H2. The Kier molecular flexibility index (Phi) is 3.92. The molecule has 17 heavy (non-hydrogen) atoms. The van der Waals surface area contributed by atoms with E-state index in [0.29, 0.717) is 15.7 Å². The Bertz CT molecular complexity index is 557. The fourth-order valence-electron chi connectivity index (χ4n) is 1.47. The van der Waals surface area contributed by atoms with Gasteiger partial charge in [-0.05, 0) is 35.9 Å². The Hall–Kier alpha value is -1.19. The molecular weight excluding hydrogens is 259 g/mol. The van der Waals surface area contributed by atoms with Gasteiger partial charge in [0, 0.05) is 9.92 Å². The van der Waals surface area contributed by atoms with E-state index in [-0.39, 0.29) is 5.82 Å². The summed E-state index contributed by atoms with van der Waals surface area (Å²) in [4.78, 5) is 0.491. The summed E-state index contributed by atoms with van der Waals surface area (Å²) in [6.45, 7) is 0. The van der Waals surface area contributed by atoms with Gasteiger partial charge < -0.3 is 0 Å². The molecule has 4 heteroatoms. The lowest BCUT2D eigenvalue weighted by Crippen LogP contribution is -1.96. The first-order chi connectivity index (χ1) is 8.15. The maximum Gasteiger partial charge on any atom is 0.124 e. The van der Waals surface area contributed by atoms with Crippen LogP contribution >= 0.6 is 11.6 Å². The van der Waals surface area contributed by atoms with Crippen LogP contribution in [0.5, 0.6) is 0 Å². The van der Waals surface area contributed by atoms with Crippen LogP contribution in [0.15, 0.2) is 53.4 Å². The van der Waals surface area contributed by atoms with Crippen molar-refractivity contribution in [3.63, 3.8) is 0 Å². The van der Waals surface area contributed by atoms with E-state index in [4.69, 9.17) is 11.6 Å². The van der Waals surface area contributed by atoms with E-state index in [9.17, 15) is 8.60 Å². The van der Waals surface area contributed by atoms with Crippen molar-refractivity contribution in [2.24, 2.45) is 0 Å². The number of rotatable bonds is 3. The molecular formula is C13H10ClFOS. The Morgan fingerprint density at radius 2 is 1.88 bits per heavy atom. The van der Waals surface area contributed by atoms with E-state index >= 15 is 0 Å². The summed E-state index contributed by atoms with van der Waals surface area (Å²) in [5, 5.41) is 0.610. The van der Waals surface area contributed by atoms with Crippen molar-refractivity contribution in [2.45, 2.75) is 10.6 Å². The third-order valence-electron chi connectivity index (χ3n) is 2.25. The Morgan fingerprint density at radius 3 is 2.59 bits per heavy atom. The summed E-state index contributed by atoms with van der Waals surface area (Å²) in [6, 6.07) is 13.0. The molecule has 0 aliphatic rings. The molecule has 1 unspecified atom stereocenters. The molecule has 0 saturated heterocycles. The van der Waals surface area contributed by atoms with Crippen LogP contribution in [0.3, 0.4) is 0 Å². The molecule has 0 fully saturated rings. The monoisotopic (exact) mass is 268 g/mol. The minimum Gasteiger partial charge on any atom is -0.254 e. The molecule has 88 valence electrons. The van der Waals surface area contributed by atoms with Crippen LogP contribution in [0.25, 0.3) is 0 Å². The second-order valence-corrected chi connectivity index (χ2v) is 5.46. The van der Waals surface area contributed by atoms with Gasteiger partial charge in [0.15, 0.2) is 0 Å². The van der Waals surface area contributed by atoms with Crippen LogP contribution in [-0.4, -0.2) is 4.21 Å². The fourth-order valence-corrected chi connectivity index (χ4v) is 2.81. The number of benzene rings is 2. The molecule has 0 aliphatic heterocycles. The second-order valence-electron chi connectivity index (χ2n) is 3.58. The quantitative estimate of drug-likeness (QED) is 0.828. The highest BCUT2D eigenvalue weighted by atomic mass is 35.5. The lowest BCUT2D eigenvalue weighted by molar-refractivity contribution is 0.622. The van der Waals surface area contributed by atoms with Crippen molar-refractivity contribution in [3.8, 4) is 0 Å². The Morgan fingerprint density at radius 1 is 1.12 bits per heavy atom. The molecule has 0 aromatic heterocycles. The fraction of sp³-hybridized carbons (Fsp3) is 0.0769. The van der Waals surface area contributed by atoms with Gasteiger partial charge in [-0.2, -0.15) is 0 Å². The summed E-state index contributed by atoms with van der Waals surface area (Å²) < 4.78 is 25.0. The molecule has 1 nitrogen and oxygen atoms in total. The predicted molar refractivity (Wildman–Crippen MR) is 68.0 cm³/mol.